The Morgan fingerprint density at radius 2 is 2.33 bits per heavy atom. The van der Waals surface area contributed by atoms with Crippen molar-refractivity contribution < 1.29 is 4.74 Å². The number of rotatable bonds is 2. The van der Waals surface area contributed by atoms with Crippen molar-refractivity contribution in [2.75, 3.05) is 30.5 Å². The summed E-state index contributed by atoms with van der Waals surface area (Å²) >= 11 is 3.61. The van der Waals surface area contributed by atoms with Crippen LogP contribution in [0.5, 0.6) is 0 Å². The van der Waals surface area contributed by atoms with Crippen molar-refractivity contribution in [3.05, 3.63) is 16.8 Å². The molecule has 18 heavy (non-hydrogen) atoms. The molecule has 1 aliphatic heterocycles. The molecule has 1 atom stereocenters. The number of fused-ring (bicyclic) bond motifs is 1. The lowest BCUT2D eigenvalue weighted by Crippen LogP contribution is -2.18. The fraction of sp³-hybridized carbons (Fsp3) is 0.500. The molecule has 1 saturated heterocycles. The Morgan fingerprint density at radius 3 is 3.06 bits per heavy atom. The molecule has 0 saturated carbocycles. The van der Waals surface area contributed by atoms with Gasteiger partial charge in [-0.25, -0.2) is 9.97 Å². The fourth-order valence-electron chi connectivity index (χ4n) is 2.03. The van der Waals surface area contributed by atoms with Crippen LogP contribution in [0.3, 0.4) is 0 Å². The van der Waals surface area contributed by atoms with Crippen LogP contribution in [0.1, 0.15) is 16.8 Å². The van der Waals surface area contributed by atoms with Crippen LogP contribution in [0.2, 0.25) is 0 Å². The molecule has 0 amide bonds. The number of thioether (sulfide) groups is 1. The van der Waals surface area contributed by atoms with Gasteiger partial charge in [0.25, 0.3) is 0 Å². The van der Waals surface area contributed by atoms with Crippen molar-refractivity contribution in [1.29, 1.82) is 0 Å². The maximum atomic E-state index is 5.75. The van der Waals surface area contributed by atoms with Crippen LogP contribution in [0.15, 0.2) is 6.07 Å². The molecule has 96 valence electrons. The Kier molecular flexibility index (Phi) is 3.41. The molecular weight excluding hydrogens is 266 g/mol. The van der Waals surface area contributed by atoms with Gasteiger partial charge in [-0.05, 0) is 13.0 Å². The topological polar surface area (TPSA) is 47.0 Å². The Labute approximate surface area is 114 Å². The molecule has 1 unspecified atom stereocenters. The van der Waals surface area contributed by atoms with E-state index < -0.39 is 0 Å². The summed E-state index contributed by atoms with van der Waals surface area (Å²) in [6, 6.07) is 2.13. The van der Waals surface area contributed by atoms with Gasteiger partial charge in [0.05, 0.1) is 12.0 Å². The van der Waals surface area contributed by atoms with Crippen LogP contribution in [0.25, 0.3) is 10.2 Å². The zero-order valence-corrected chi connectivity index (χ0v) is 12.0. The minimum atomic E-state index is 0.0302. The first-order valence-corrected chi connectivity index (χ1v) is 7.90. The molecule has 0 aromatic carbocycles. The van der Waals surface area contributed by atoms with Gasteiger partial charge in [-0.1, -0.05) is 0 Å². The van der Waals surface area contributed by atoms with E-state index in [2.05, 4.69) is 28.3 Å². The number of thiophene rings is 1. The van der Waals surface area contributed by atoms with Crippen molar-refractivity contribution in [3.8, 4) is 0 Å². The maximum absolute atomic E-state index is 5.75. The number of nitrogens with one attached hydrogen (secondary N) is 1. The smallest absolute Gasteiger partial charge is 0.162 e. The lowest BCUT2D eigenvalue weighted by molar-refractivity contribution is 0.0698. The number of ether oxygens (including phenoxy) is 1. The van der Waals surface area contributed by atoms with Crippen LogP contribution >= 0.6 is 23.1 Å². The summed E-state index contributed by atoms with van der Waals surface area (Å²) in [5.41, 5.74) is 0. The quantitative estimate of drug-likeness (QED) is 0.917. The minimum absolute atomic E-state index is 0.0302. The first kappa shape index (κ1) is 12.2. The molecule has 2 aromatic rings. The summed E-state index contributed by atoms with van der Waals surface area (Å²) in [6.45, 7) is 2.88. The van der Waals surface area contributed by atoms with Gasteiger partial charge >= 0.3 is 0 Å². The highest BCUT2D eigenvalue weighted by atomic mass is 32.2. The van der Waals surface area contributed by atoms with Gasteiger partial charge in [-0.2, -0.15) is 11.8 Å². The summed E-state index contributed by atoms with van der Waals surface area (Å²) in [6.07, 6.45) is 0.0302. The van der Waals surface area contributed by atoms with Crippen molar-refractivity contribution in [2.45, 2.75) is 13.0 Å². The zero-order valence-electron chi connectivity index (χ0n) is 10.4. The van der Waals surface area contributed by atoms with E-state index in [9.17, 15) is 0 Å². The molecule has 4 nitrogen and oxygen atoms in total. The van der Waals surface area contributed by atoms with Gasteiger partial charge in [0.15, 0.2) is 5.82 Å². The molecule has 6 heteroatoms. The molecule has 0 radical (unpaired) electrons. The van der Waals surface area contributed by atoms with Gasteiger partial charge in [0.1, 0.15) is 16.8 Å². The summed E-state index contributed by atoms with van der Waals surface area (Å²) < 4.78 is 5.75. The molecule has 1 aliphatic rings. The van der Waals surface area contributed by atoms with Gasteiger partial charge in [-0.3, -0.25) is 0 Å². The number of hydrogen-bond acceptors (Lipinski definition) is 6. The van der Waals surface area contributed by atoms with E-state index >= 15 is 0 Å². The van der Waals surface area contributed by atoms with Crippen LogP contribution in [-0.2, 0) is 4.74 Å². The predicted octanol–water partition coefficient (Wildman–Crippen LogP) is 2.85. The number of aryl methyl sites for hydroxylation is 1. The molecule has 0 bridgehead atoms. The van der Waals surface area contributed by atoms with Crippen LogP contribution in [0, 0.1) is 6.92 Å². The lowest BCUT2D eigenvalue weighted by Gasteiger charge is -2.21. The highest BCUT2D eigenvalue weighted by molar-refractivity contribution is 7.99. The number of nitrogens with zero attached hydrogens (tertiary/aromatic N) is 2. The van der Waals surface area contributed by atoms with E-state index in [1.165, 1.54) is 4.88 Å². The molecular formula is C12H15N3OS2. The second kappa shape index (κ2) is 5.03. The van der Waals surface area contributed by atoms with Crippen LogP contribution in [-0.4, -0.2) is 35.1 Å². The predicted molar refractivity (Wildman–Crippen MR) is 77.7 cm³/mol. The lowest BCUT2D eigenvalue weighted by atomic mass is 10.3. The van der Waals surface area contributed by atoms with E-state index in [0.29, 0.717) is 0 Å². The number of aromatic nitrogens is 2. The Hall–Kier alpha value is -0.850. The third kappa shape index (κ3) is 2.20. The largest absolute Gasteiger partial charge is 0.372 e. The number of hydrogen-bond donors (Lipinski definition) is 1. The molecule has 3 heterocycles. The third-order valence-electron chi connectivity index (χ3n) is 2.87. The van der Waals surface area contributed by atoms with Crippen LogP contribution in [0.4, 0.5) is 5.82 Å². The first-order valence-electron chi connectivity index (χ1n) is 5.93. The average molecular weight is 281 g/mol. The van der Waals surface area contributed by atoms with Gasteiger partial charge in [-0.15, -0.1) is 11.3 Å². The fourth-order valence-corrected chi connectivity index (χ4v) is 3.76. The standard InChI is InChI=1S/C12H15N3OS2/c1-7-5-8-10(13-2)14-11(15-12(8)18-7)9-6-17-4-3-16-9/h5,9H,3-4,6H2,1-2H3,(H,13,14,15). The maximum Gasteiger partial charge on any atom is 0.162 e. The van der Waals surface area contributed by atoms with E-state index in [0.717, 1.165) is 40.0 Å². The van der Waals surface area contributed by atoms with Crippen molar-refractivity contribution >= 4 is 39.1 Å². The zero-order chi connectivity index (χ0) is 12.5. The Bertz CT molecular complexity index is 564. The van der Waals surface area contributed by atoms with E-state index in [4.69, 9.17) is 4.74 Å². The minimum Gasteiger partial charge on any atom is -0.372 e. The highest BCUT2D eigenvalue weighted by Gasteiger charge is 2.21. The van der Waals surface area contributed by atoms with Gasteiger partial charge in [0.2, 0.25) is 0 Å². The summed E-state index contributed by atoms with van der Waals surface area (Å²) in [5, 5.41) is 4.26. The number of anilines is 1. The highest BCUT2D eigenvalue weighted by Crippen LogP contribution is 2.31. The molecule has 1 N–H and O–H groups in total. The summed E-state index contributed by atoms with van der Waals surface area (Å²) in [7, 11) is 1.90. The van der Waals surface area contributed by atoms with E-state index in [-0.39, 0.29) is 6.10 Å². The normalized spacial score (nSPS) is 20.2. The molecule has 3 rings (SSSR count). The molecule has 1 fully saturated rings. The third-order valence-corrected chi connectivity index (χ3v) is 4.81. The van der Waals surface area contributed by atoms with Crippen molar-refractivity contribution in [2.24, 2.45) is 0 Å². The van der Waals surface area contributed by atoms with Crippen molar-refractivity contribution in [3.63, 3.8) is 0 Å². The van der Waals surface area contributed by atoms with E-state index in [1.54, 1.807) is 11.3 Å². The molecule has 0 spiro atoms. The SMILES string of the molecule is CNc1nc(C2CSCCO2)nc2sc(C)cc12. The van der Waals surface area contributed by atoms with Gasteiger partial charge in [0, 0.05) is 23.4 Å². The summed E-state index contributed by atoms with van der Waals surface area (Å²) in [5.74, 6) is 3.72. The Morgan fingerprint density at radius 1 is 1.44 bits per heavy atom. The molecule has 2 aromatic heterocycles. The second-order valence-corrected chi connectivity index (χ2v) is 6.58. The first-order chi connectivity index (χ1) is 8.78. The average Bonchev–Trinajstić information content (AvgIpc) is 2.78. The molecule has 0 aliphatic carbocycles. The summed E-state index contributed by atoms with van der Waals surface area (Å²) in [4.78, 5) is 11.6. The van der Waals surface area contributed by atoms with E-state index in [1.807, 2.05) is 18.8 Å². The van der Waals surface area contributed by atoms with Crippen LogP contribution < -0.4 is 5.32 Å². The van der Waals surface area contributed by atoms with Gasteiger partial charge < -0.3 is 10.1 Å². The van der Waals surface area contributed by atoms with Crippen molar-refractivity contribution in [1.82, 2.24) is 9.97 Å². The second-order valence-electron chi connectivity index (χ2n) is 4.19. The monoisotopic (exact) mass is 281 g/mol. The Balaban J connectivity index is 2.06.